The molecule has 0 atom stereocenters. The van der Waals surface area contributed by atoms with Crippen LogP contribution in [0, 0.1) is 5.92 Å². The Balaban J connectivity index is 1.70. The van der Waals surface area contributed by atoms with Crippen molar-refractivity contribution in [2.75, 3.05) is 20.2 Å². The predicted molar refractivity (Wildman–Crippen MR) is 85.7 cm³/mol. The molecule has 5 heteroatoms. The van der Waals surface area contributed by atoms with Gasteiger partial charge in [0.05, 0.1) is 13.0 Å². The lowest BCUT2D eigenvalue weighted by atomic mass is 9.96. The molecule has 1 aliphatic rings. The molecule has 0 radical (unpaired) electrons. The van der Waals surface area contributed by atoms with Crippen molar-refractivity contribution < 1.29 is 14.3 Å². The van der Waals surface area contributed by atoms with Gasteiger partial charge in [0.1, 0.15) is 0 Å². The zero-order valence-electron chi connectivity index (χ0n) is 12.9. The van der Waals surface area contributed by atoms with Crippen LogP contribution in [0.2, 0.25) is 5.02 Å². The smallest absolute Gasteiger partial charge is 0.308 e. The van der Waals surface area contributed by atoms with Gasteiger partial charge in [-0.05, 0) is 43.4 Å². The molecule has 1 aliphatic heterocycles. The van der Waals surface area contributed by atoms with Crippen molar-refractivity contribution in [1.82, 2.24) is 4.90 Å². The van der Waals surface area contributed by atoms with Crippen LogP contribution in [0.3, 0.4) is 0 Å². The Morgan fingerprint density at radius 2 is 1.86 bits per heavy atom. The van der Waals surface area contributed by atoms with Gasteiger partial charge in [0, 0.05) is 24.5 Å². The molecule has 1 fully saturated rings. The average Bonchev–Trinajstić information content (AvgIpc) is 2.56. The molecular formula is C17H22ClNO3. The van der Waals surface area contributed by atoms with Crippen LogP contribution in [0.5, 0.6) is 0 Å². The fourth-order valence-corrected chi connectivity index (χ4v) is 2.91. The SMILES string of the molecule is COC(=O)C1CCN(C(=O)CCCc2ccc(Cl)cc2)CC1. The molecular weight excluding hydrogens is 302 g/mol. The molecule has 22 heavy (non-hydrogen) atoms. The number of amides is 1. The van der Waals surface area contributed by atoms with Gasteiger partial charge in [-0.2, -0.15) is 0 Å². The van der Waals surface area contributed by atoms with Gasteiger partial charge >= 0.3 is 5.97 Å². The number of carbonyl (C=O) groups excluding carboxylic acids is 2. The molecule has 1 aromatic carbocycles. The highest BCUT2D eigenvalue weighted by Gasteiger charge is 2.27. The van der Waals surface area contributed by atoms with Crippen LogP contribution < -0.4 is 0 Å². The number of rotatable bonds is 5. The van der Waals surface area contributed by atoms with Gasteiger partial charge in [-0.25, -0.2) is 0 Å². The minimum Gasteiger partial charge on any atom is -0.469 e. The van der Waals surface area contributed by atoms with E-state index in [2.05, 4.69) is 0 Å². The van der Waals surface area contributed by atoms with Gasteiger partial charge in [0.25, 0.3) is 0 Å². The fraction of sp³-hybridized carbons (Fsp3) is 0.529. The number of hydrogen-bond donors (Lipinski definition) is 0. The van der Waals surface area contributed by atoms with Gasteiger partial charge < -0.3 is 9.64 Å². The van der Waals surface area contributed by atoms with Gasteiger partial charge in [-0.15, -0.1) is 0 Å². The summed E-state index contributed by atoms with van der Waals surface area (Å²) in [5.41, 5.74) is 1.20. The highest BCUT2D eigenvalue weighted by molar-refractivity contribution is 6.30. The number of aryl methyl sites for hydroxylation is 1. The molecule has 1 heterocycles. The third kappa shape index (κ3) is 4.73. The lowest BCUT2D eigenvalue weighted by Gasteiger charge is -2.30. The van der Waals surface area contributed by atoms with E-state index in [9.17, 15) is 9.59 Å². The molecule has 0 N–H and O–H groups in total. The van der Waals surface area contributed by atoms with Crippen LogP contribution in [0.15, 0.2) is 24.3 Å². The molecule has 4 nitrogen and oxygen atoms in total. The van der Waals surface area contributed by atoms with E-state index in [0.717, 1.165) is 17.9 Å². The van der Waals surface area contributed by atoms with Gasteiger partial charge in [0.15, 0.2) is 0 Å². The number of ether oxygens (including phenoxy) is 1. The lowest BCUT2D eigenvalue weighted by Crippen LogP contribution is -2.40. The number of carbonyl (C=O) groups is 2. The van der Waals surface area contributed by atoms with Crippen LogP contribution in [0.1, 0.15) is 31.2 Å². The van der Waals surface area contributed by atoms with Crippen molar-refractivity contribution in [3.63, 3.8) is 0 Å². The quantitative estimate of drug-likeness (QED) is 0.782. The molecule has 0 unspecified atom stereocenters. The summed E-state index contributed by atoms with van der Waals surface area (Å²) < 4.78 is 4.76. The number of piperidine rings is 1. The van der Waals surface area contributed by atoms with E-state index in [1.54, 1.807) is 0 Å². The van der Waals surface area contributed by atoms with E-state index in [0.29, 0.717) is 32.4 Å². The number of hydrogen-bond acceptors (Lipinski definition) is 3. The molecule has 0 spiro atoms. The Labute approximate surface area is 136 Å². The van der Waals surface area contributed by atoms with E-state index in [4.69, 9.17) is 16.3 Å². The van der Waals surface area contributed by atoms with E-state index in [1.165, 1.54) is 12.7 Å². The molecule has 120 valence electrons. The maximum absolute atomic E-state index is 12.2. The molecule has 1 amide bonds. The van der Waals surface area contributed by atoms with E-state index < -0.39 is 0 Å². The number of esters is 1. The maximum Gasteiger partial charge on any atom is 0.308 e. The molecule has 1 aromatic rings. The normalized spacial score (nSPS) is 15.6. The van der Waals surface area contributed by atoms with E-state index in [-0.39, 0.29) is 17.8 Å². The third-order valence-corrected chi connectivity index (χ3v) is 4.40. The molecule has 2 rings (SSSR count). The second kappa shape index (κ2) is 8.18. The zero-order chi connectivity index (χ0) is 15.9. The average molecular weight is 324 g/mol. The van der Waals surface area contributed by atoms with Crippen molar-refractivity contribution in [1.29, 1.82) is 0 Å². The Kier molecular flexibility index (Phi) is 6.25. The van der Waals surface area contributed by atoms with Crippen molar-refractivity contribution in [3.8, 4) is 0 Å². The first-order valence-corrected chi connectivity index (χ1v) is 8.08. The van der Waals surface area contributed by atoms with Crippen LogP contribution in [-0.2, 0) is 20.7 Å². The van der Waals surface area contributed by atoms with Crippen molar-refractivity contribution in [2.24, 2.45) is 5.92 Å². The standard InChI is InChI=1S/C17H22ClNO3/c1-22-17(21)14-9-11-19(12-10-14)16(20)4-2-3-13-5-7-15(18)8-6-13/h5-8,14H,2-4,9-12H2,1H3. The Morgan fingerprint density at radius 1 is 1.23 bits per heavy atom. The summed E-state index contributed by atoms with van der Waals surface area (Å²) in [6.45, 7) is 1.30. The monoisotopic (exact) mass is 323 g/mol. The van der Waals surface area contributed by atoms with Crippen LogP contribution >= 0.6 is 11.6 Å². The second-order valence-corrected chi connectivity index (χ2v) is 6.09. The zero-order valence-corrected chi connectivity index (χ0v) is 13.6. The second-order valence-electron chi connectivity index (χ2n) is 5.66. The number of likely N-dealkylation sites (tertiary alicyclic amines) is 1. The fourth-order valence-electron chi connectivity index (χ4n) is 2.78. The lowest BCUT2D eigenvalue weighted by molar-refractivity contribution is -0.148. The summed E-state index contributed by atoms with van der Waals surface area (Å²) in [7, 11) is 1.41. The van der Waals surface area contributed by atoms with E-state index >= 15 is 0 Å². The molecule has 1 saturated heterocycles. The van der Waals surface area contributed by atoms with Crippen molar-refractivity contribution in [2.45, 2.75) is 32.1 Å². The van der Waals surface area contributed by atoms with Crippen LogP contribution in [0.4, 0.5) is 0 Å². The van der Waals surface area contributed by atoms with Gasteiger partial charge in [-0.3, -0.25) is 9.59 Å². The molecule has 0 saturated carbocycles. The first-order valence-electron chi connectivity index (χ1n) is 7.70. The van der Waals surface area contributed by atoms with Gasteiger partial charge in [-0.1, -0.05) is 23.7 Å². The number of halogens is 1. The highest BCUT2D eigenvalue weighted by Crippen LogP contribution is 2.19. The van der Waals surface area contributed by atoms with Gasteiger partial charge in [0.2, 0.25) is 5.91 Å². The van der Waals surface area contributed by atoms with Crippen LogP contribution in [0.25, 0.3) is 0 Å². The number of benzene rings is 1. The number of methoxy groups -OCH3 is 1. The highest BCUT2D eigenvalue weighted by atomic mass is 35.5. The van der Waals surface area contributed by atoms with Crippen molar-refractivity contribution >= 4 is 23.5 Å². The van der Waals surface area contributed by atoms with Crippen LogP contribution in [-0.4, -0.2) is 37.0 Å². The summed E-state index contributed by atoms with van der Waals surface area (Å²) in [6.07, 6.45) is 3.66. The first-order chi connectivity index (χ1) is 10.6. The summed E-state index contributed by atoms with van der Waals surface area (Å²) in [6, 6.07) is 7.73. The molecule has 0 aliphatic carbocycles. The third-order valence-electron chi connectivity index (χ3n) is 4.15. The predicted octanol–water partition coefficient (Wildman–Crippen LogP) is 3.07. The first kappa shape index (κ1) is 16.8. The Morgan fingerprint density at radius 3 is 2.45 bits per heavy atom. The van der Waals surface area contributed by atoms with E-state index in [1.807, 2.05) is 29.2 Å². The Hall–Kier alpha value is -1.55. The minimum atomic E-state index is -0.158. The Bertz CT molecular complexity index is 507. The summed E-state index contributed by atoms with van der Waals surface area (Å²) in [5, 5.41) is 0.730. The largest absolute Gasteiger partial charge is 0.469 e. The maximum atomic E-state index is 12.2. The van der Waals surface area contributed by atoms with Crippen molar-refractivity contribution in [3.05, 3.63) is 34.9 Å². The minimum absolute atomic E-state index is 0.0527. The molecule has 0 bridgehead atoms. The molecule has 0 aromatic heterocycles. The number of nitrogens with zero attached hydrogens (tertiary/aromatic N) is 1. The summed E-state index contributed by atoms with van der Waals surface area (Å²) in [4.78, 5) is 25.5. The summed E-state index contributed by atoms with van der Waals surface area (Å²) in [5.74, 6) is -0.0322. The summed E-state index contributed by atoms with van der Waals surface area (Å²) >= 11 is 5.85. The topological polar surface area (TPSA) is 46.6 Å².